The normalized spacial score (nSPS) is 14.6. The van der Waals surface area contributed by atoms with E-state index in [1.807, 2.05) is 29.2 Å². The van der Waals surface area contributed by atoms with E-state index in [9.17, 15) is 4.79 Å². The van der Waals surface area contributed by atoms with Crippen molar-refractivity contribution in [2.24, 2.45) is 0 Å². The molecule has 3 rings (SSSR count). The van der Waals surface area contributed by atoms with E-state index in [1.54, 1.807) is 6.20 Å². The van der Waals surface area contributed by atoms with Gasteiger partial charge in [-0.1, -0.05) is 29.8 Å². The van der Waals surface area contributed by atoms with Gasteiger partial charge in [0.25, 0.3) is 5.91 Å². The molecular formula is C17H19ClN4O. The van der Waals surface area contributed by atoms with E-state index in [0.29, 0.717) is 23.1 Å². The second-order valence-corrected chi connectivity index (χ2v) is 5.99. The van der Waals surface area contributed by atoms with Crippen molar-refractivity contribution in [3.05, 3.63) is 52.9 Å². The first kappa shape index (κ1) is 15.7. The van der Waals surface area contributed by atoms with Crippen molar-refractivity contribution in [3.8, 4) is 0 Å². The van der Waals surface area contributed by atoms with Crippen molar-refractivity contribution < 1.29 is 4.79 Å². The predicted octanol–water partition coefficient (Wildman–Crippen LogP) is 3.37. The molecule has 1 aromatic heterocycles. The Morgan fingerprint density at radius 1 is 1.13 bits per heavy atom. The Balaban J connectivity index is 1.60. The second-order valence-electron chi connectivity index (χ2n) is 5.58. The number of rotatable bonds is 4. The summed E-state index contributed by atoms with van der Waals surface area (Å²) in [6, 6.07) is 7.64. The molecule has 1 amide bonds. The van der Waals surface area contributed by atoms with Gasteiger partial charge >= 0.3 is 0 Å². The summed E-state index contributed by atoms with van der Waals surface area (Å²) < 4.78 is 0. The summed E-state index contributed by atoms with van der Waals surface area (Å²) in [7, 11) is 0. The Morgan fingerprint density at radius 3 is 2.61 bits per heavy atom. The van der Waals surface area contributed by atoms with E-state index in [4.69, 9.17) is 11.6 Å². The number of nitrogens with zero attached hydrogens (tertiary/aromatic N) is 3. The quantitative estimate of drug-likeness (QED) is 0.933. The van der Waals surface area contributed by atoms with Gasteiger partial charge in [-0.15, -0.1) is 0 Å². The van der Waals surface area contributed by atoms with Crippen LogP contribution >= 0.6 is 11.6 Å². The molecule has 0 spiro atoms. The number of likely N-dealkylation sites (tertiary alicyclic amines) is 1. The van der Waals surface area contributed by atoms with Crippen LogP contribution in [0.1, 0.15) is 35.3 Å². The van der Waals surface area contributed by atoms with Crippen molar-refractivity contribution in [1.82, 2.24) is 14.9 Å². The summed E-state index contributed by atoms with van der Waals surface area (Å²) in [6.07, 6.45) is 6.45. The molecule has 1 N–H and O–H groups in total. The van der Waals surface area contributed by atoms with Crippen LogP contribution in [-0.4, -0.2) is 33.9 Å². The number of amides is 1. The number of piperidine rings is 1. The molecule has 0 atom stereocenters. The summed E-state index contributed by atoms with van der Waals surface area (Å²) in [5.74, 6) is 0.593. The average Bonchev–Trinajstić information content (AvgIpc) is 2.62. The molecule has 23 heavy (non-hydrogen) atoms. The van der Waals surface area contributed by atoms with Crippen LogP contribution in [-0.2, 0) is 6.54 Å². The zero-order valence-electron chi connectivity index (χ0n) is 12.8. The summed E-state index contributed by atoms with van der Waals surface area (Å²) >= 11 is 6.12. The number of anilines is 1. The molecule has 1 aliphatic rings. The first-order chi connectivity index (χ1) is 11.2. The van der Waals surface area contributed by atoms with Gasteiger partial charge in [0.15, 0.2) is 0 Å². The lowest BCUT2D eigenvalue weighted by atomic mass is 10.1. The fourth-order valence-electron chi connectivity index (χ4n) is 2.62. The lowest BCUT2D eigenvalue weighted by molar-refractivity contribution is 0.0718. The minimum atomic E-state index is -0.0325. The van der Waals surface area contributed by atoms with Crippen LogP contribution in [0, 0.1) is 0 Å². The lowest BCUT2D eigenvalue weighted by Crippen LogP contribution is -2.36. The third kappa shape index (κ3) is 3.99. The van der Waals surface area contributed by atoms with E-state index in [2.05, 4.69) is 15.3 Å². The maximum Gasteiger partial charge on any atom is 0.274 e. The van der Waals surface area contributed by atoms with E-state index in [1.165, 1.54) is 12.6 Å². The van der Waals surface area contributed by atoms with Crippen molar-refractivity contribution in [1.29, 1.82) is 0 Å². The second kappa shape index (κ2) is 7.42. The van der Waals surface area contributed by atoms with Crippen LogP contribution in [0.25, 0.3) is 0 Å². The van der Waals surface area contributed by atoms with Gasteiger partial charge in [0.05, 0.1) is 12.4 Å². The van der Waals surface area contributed by atoms with E-state index in [-0.39, 0.29) is 5.91 Å². The van der Waals surface area contributed by atoms with Crippen molar-refractivity contribution in [2.45, 2.75) is 25.8 Å². The number of hydrogen-bond acceptors (Lipinski definition) is 4. The van der Waals surface area contributed by atoms with Crippen molar-refractivity contribution in [2.75, 3.05) is 18.4 Å². The molecule has 0 aliphatic carbocycles. The van der Waals surface area contributed by atoms with Crippen LogP contribution in [0.5, 0.6) is 0 Å². The molecule has 0 unspecified atom stereocenters. The molecular weight excluding hydrogens is 312 g/mol. The smallest absolute Gasteiger partial charge is 0.274 e. The molecule has 1 fully saturated rings. The van der Waals surface area contributed by atoms with Gasteiger partial charge in [-0.3, -0.25) is 4.79 Å². The topological polar surface area (TPSA) is 58.1 Å². The van der Waals surface area contributed by atoms with E-state index < -0.39 is 0 Å². The van der Waals surface area contributed by atoms with Crippen molar-refractivity contribution >= 4 is 23.3 Å². The molecule has 2 heterocycles. The maximum atomic E-state index is 12.3. The fourth-order valence-corrected chi connectivity index (χ4v) is 2.82. The first-order valence-corrected chi connectivity index (χ1v) is 8.20. The Kier molecular flexibility index (Phi) is 5.08. The molecule has 120 valence electrons. The maximum absolute atomic E-state index is 12.3. The molecule has 0 bridgehead atoms. The summed E-state index contributed by atoms with van der Waals surface area (Å²) in [5.41, 5.74) is 1.39. The number of nitrogens with one attached hydrogen (secondary N) is 1. The Bertz CT molecular complexity index is 669. The summed E-state index contributed by atoms with van der Waals surface area (Å²) in [4.78, 5) is 22.7. The Morgan fingerprint density at radius 2 is 1.91 bits per heavy atom. The summed E-state index contributed by atoms with van der Waals surface area (Å²) in [6.45, 7) is 2.19. The van der Waals surface area contributed by atoms with Gasteiger partial charge in [-0.2, -0.15) is 0 Å². The van der Waals surface area contributed by atoms with Crippen LogP contribution in [0.3, 0.4) is 0 Å². The molecule has 1 aliphatic heterocycles. The molecule has 1 aromatic carbocycles. The van der Waals surface area contributed by atoms with Gasteiger partial charge in [0.1, 0.15) is 11.5 Å². The number of carbonyl (C=O) groups is 1. The van der Waals surface area contributed by atoms with Gasteiger partial charge in [-0.25, -0.2) is 9.97 Å². The fraction of sp³-hybridized carbons (Fsp3) is 0.353. The zero-order valence-corrected chi connectivity index (χ0v) is 13.6. The molecule has 1 saturated heterocycles. The van der Waals surface area contributed by atoms with Crippen LogP contribution in [0.15, 0.2) is 36.7 Å². The average molecular weight is 331 g/mol. The SMILES string of the molecule is O=C(c1cnc(NCc2ccccc2Cl)cn1)N1CCCCC1. The van der Waals surface area contributed by atoms with Gasteiger partial charge < -0.3 is 10.2 Å². The van der Waals surface area contributed by atoms with Crippen LogP contribution in [0.4, 0.5) is 5.82 Å². The molecule has 0 radical (unpaired) electrons. The number of benzene rings is 1. The van der Waals surface area contributed by atoms with E-state index in [0.717, 1.165) is 31.5 Å². The Hall–Kier alpha value is -2.14. The van der Waals surface area contributed by atoms with Crippen LogP contribution < -0.4 is 5.32 Å². The van der Waals surface area contributed by atoms with Gasteiger partial charge in [-0.05, 0) is 30.9 Å². The van der Waals surface area contributed by atoms with Crippen molar-refractivity contribution in [3.63, 3.8) is 0 Å². The minimum absolute atomic E-state index is 0.0325. The van der Waals surface area contributed by atoms with Gasteiger partial charge in [0.2, 0.25) is 0 Å². The number of carbonyl (C=O) groups excluding carboxylic acids is 1. The Labute approximate surface area is 140 Å². The standard InChI is InChI=1S/C17H19ClN4O/c18-14-7-3-2-6-13(14)10-20-16-12-19-15(11-21-16)17(23)22-8-4-1-5-9-22/h2-3,6-7,11-12H,1,4-5,8-10H2,(H,20,21). The third-order valence-corrected chi connectivity index (χ3v) is 4.30. The first-order valence-electron chi connectivity index (χ1n) is 7.82. The zero-order chi connectivity index (χ0) is 16.1. The molecule has 0 saturated carbocycles. The van der Waals surface area contributed by atoms with Gasteiger partial charge in [0, 0.05) is 24.7 Å². The molecule has 2 aromatic rings. The monoisotopic (exact) mass is 330 g/mol. The number of aromatic nitrogens is 2. The molecule has 6 heteroatoms. The highest BCUT2D eigenvalue weighted by Crippen LogP contribution is 2.16. The highest BCUT2D eigenvalue weighted by Gasteiger charge is 2.19. The largest absolute Gasteiger partial charge is 0.365 e. The van der Waals surface area contributed by atoms with E-state index >= 15 is 0 Å². The summed E-state index contributed by atoms with van der Waals surface area (Å²) in [5, 5.41) is 3.88. The highest BCUT2D eigenvalue weighted by atomic mass is 35.5. The van der Waals surface area contributed by atoms with Crippen LogP contribution in [0.2, 0.25) is 5.02 Å². The predicted molar refractivity (Wildman–Crippen MR) is 90.6 cm³/mol. The third-order valence-electron chi connectivity index (χ3n) is 3.93. The highest BCUT2D eigenvalue weighted by molar-refractivity contribution is 6.31. The lowest BCUT2D eigenvalue weighted by Gasteiger charge is -2.26. The number of hydrogen-bond donors (Lipinski definition) is 1. The minimum Gasteiger partial charge on any atom is -0.365 e. The molecule has 5 nitrogen and oxygen atoms in total. The number of halogens is 1.